The van der Waals surface area contributed by atoms with Crippen molar-refractivity contribution in [1.29, 1.82) is 0 Å². The van der Waals surface area contributed by atoms with Crippen molar-refractivity contribution in [3.63, 3.8) is 0 Å². The second kappa shape index (κ2) is 6.29. The Morgan fingerprint density at radius 3 is 2.79 bits per heavy atom. The van der Waals surface area contributed by atoms with Crippen LogP contribution >= 0.6 is 0 Å². The average Bonchev–Trinajstić information content (AvgIpc) is 2.86. The van der Waals surface area contributed by atoms with Crippen LogP contribution in [0.1, 0.15) is 30.8 Å². The van der Waals surface area contributed by atoms with Gasteiger partial charge in [-0.1, -0.05) is 6.92 Å². The van der Waals surface area contributed by atoms with Crippen molar-refractivity contribution in [2.75, 3.05) is 13.7 Å². The number of hydrogen-bond acceptors (Lipinski definition) is 5. The molecule has 1 unspecified atom stereocenters. The molecule has 19 heavy (non-hydrogen) atoms. The third kappa shape index (κ3) is 3.08. The molecule has 0 saturated carbocycles. The van der Waals surface area contributed by atoms with E-state index in [2.05, 4.69) is 27.3 Å². The Hall–Kier alpha value is -1.95. The van der Waals surface area contributed by atoms with Crippen LogP contribution in [-0.2, 0) is 7.05 Å². The fraction of sp³-hybridized carbons (Fsp3) is 0.462. The Labute approximate surface area is 112 Å². The van der Waals surface area contributed by atoms with Gasteiger partial charge >= 0.3 is 0 Å². The molecule has 2 rings (SSSR count). The Morgan fingerprint density at radius 2 is 2.16 bits per heavy atom. The van der Waals surface area contributed by atoms with Crippen LogP contribution in [0.2, 0.25) is 0 Å². The number of nitrogens with zero attached hydrogens (tertiary/aromatic N) is 4. The van der Waals surface area contributed by atoms with Crippen molar-refractivity contribution >= 4 is 0 Å². The minimum Gasteiger partial charge on any atom is -0.480 e. The molecule has 1 N–H and O–H groups in total. The number of ether oxygens (including phenoxy) is 1. The molecule has 2 aromatic rings. The second-order valence-electron chi connectivity index (χ2n) is 4.25. The molecule has 0 radical (unpaired) electrons. The smallest absolute Gasteiger partial charge is 0.237 e. The molecule has 0 aromatic carbocycles. The molecule has 0 aliphatic heterocycles. The maximum atomic E-state index is 5.29. The van der Waals surface area contributed by atoms with E-state index < -0.39 is 0 Å². The molecule has 0 amide bonds. The maximum absolute atomic E-state index is 5.29. The van der Waals surface area contributed by atoms with E-state index in [4.69, 9.17) is 4.74 Å². The normalized spacial score (nSPS) is 12.4. The lowest BCUT2D eigenvalue weighted by Gasteiger charge is -2.17. The van der Waals surface area contributed by atoms with Gasteiger partial charge in [-0.15, -0.1) is 0 Å². The first-order valence-electron chi connectivity index (χ1n) is 6.34. The van der Waals surface area contributed by atoms with Crippen molar-refractivity contribution in [1.82, 2.24) is 25.1 Å². The highest BCUT2D eigenvalue weighted by atomic mass is 16.5. The fourth-order valence-corrected chi connectivity index (χ4v) is 1.91. The summed E-state index contributed by atoms with van der Waals surface area (Å²) in [4.78, 5) is 8.59. The average molecular weight is 261 g/mol. The quantitative estimate of drug-likeness (QED) is 0.849. The van der Waals surface area contributed by atoms with Crippen LogP contribution < -0.4 is 10.1 Å². The molecule has 6 nitrogen and oxygen atoms in total. The summed E-state index contributed by atoms with van der Waals surface area (Å²) in [5.74, 6) is 0.529. The van der Waals surface area contributed by atoms with Gasteiger partial charge in [0.05, 0.1) is 18.8 Å². The summed E-state index contributed by atoms with van der Waals surface area (Å²) in [6.45, 7) is 3.00. The molecule has 2 aromatic heterocycles. The maximum Gasteiger partial charge on any atom is 0.237 e. The van der Waals surface area contributed by atoms with Gasteiger partial charge in [0, 0.05) is 25.6 Å². The molecule has 1 atom stereocenters. The first kappa shape index (κ1) is 13.5. The molecule has 0 fully saturated rings. The van der Waals surface area contributed by atoms with Crippen molar-refractivity contribution in [2.45, 2.75) is 19.4 Å². The molecule has 2 heterocycles. The molecule has 0 aliphatic carbocycles. The fourth-order valence-electron chi connectivity index (χ4n) is 1.91. The molecule has 6 heteroatoms. The number of aromatic nitrogens is 4. The summed E-state index contributed by atoms with van der Waals surface area (Å²) in [7, 11) is 3.50. The van der Waals surface area contributed by atoms with Gasteiger partial charge < -0.3 is 10.1 Å². The van der Waals surface area contributed by atoms with E-state index in [1.54, 1.807) is 24.2 Å². The molecule has 0 spiro atoms. The summed E-state index contributed by atoms with van der Waals surface area (Å²) in [6.07, 6.45) is 6.24. The predicted octanol–water partition coefficient (Wildman–Crippen LogP) is 1.31. The summed E-state index contributed by atoms with van der Waals surface area (Å²) in [6, 6.07) is 1.87. The number of aryl methyl sites for hydroxylation is 1. The second-order valence-corrected chi connectivity index (χ2v) is 4.25. The Kier molecular flexibility index (Phi) is 4.46. The highest BCUT2D eigenvalue weighted by Gasteiger charge is 2.22. The highest BCUT2D eigenvalue weighted by Crippen LogP contribution is 2.24. The van der Waals surface area contributed by atoms with Gasteiger partial charge in [0.15, 0.2) is 0 Å². The van der Waals surface area contributed by atoms with Crippen LogP contribution in [0.5, 0.6) is 5.88 Å². The van der Waals surface area contributed by atoms with E-state index in [1.807, 2.05) is 19.3 Å². The predicted molar refractivity (Wildman–Crippen MR) is 71.9 cm³/mol. The van der Waals surface area contributed by atoms with Crippen LogP contribution in [0.25, 0.3) is 0 Å². The lowest BCUT2D eigenvalue weighted by molar-refractivity contribution is 0.381. The summed E-state index contributed by atoms with van der Waals surface area (Å²) >= 11 is 0. The van der Waals surface area contributed by atoms with Gasteiger partial charge in [0.25, 0.3) is 0 Å². The van der Waals surface area contributed by atoms with E-state index in [-0.39, 0.29) is 6.04 Å². The SMILES string of the molecule is CCCNC(c1ccn(C)n1)c1nccnc1OC. The monoisotopic (exact) mass is 261 g/mol. The first-order chi connectivity index (χ1) is 9.26. The van der Waals surface area contributed by atoms with E-state index in [0.29, 0.717) is 5.88 Å². The van der Waals surface area contributed by atoms with E-state index >= 15 is 0 Å². The summed E-state index contributed by atoms with van der Waals surface area (Å²) < 4.78 is 7.06. The lowest BCUT2D eigenvalue weighted by Crippen LogP contribution is -2.25. The van der Waals surface area contributed by atoms with Crippen molar-refractivity contribution in [3.05, 3.63) is 36.0 Å². The lowest BCUT2D eigenvalue weighted by atomic mass is 10.1. The van der Waals surface area contributed by atoms with Gasteiger partial charge in [-0.2, -0.15) is 5.10 Å². The minimum absolute atomic E-state index is 0.107. The van der Waals surface area contributed by atoms with E-state index in [0.717, 1.165) is 24.4 Å². The molecule has 102 valence electrons. The van der Waals surface area contributed by atoms with Crippen molar-refractivity contribution in [3.8, 4) is 5.88 Å². The van der Waals surface area contributed by atoms with Gasteiger partial charge in [-0.05, 0) is 19.0 Å². The Morgan fingerprint density at radius 1 is 1.37 bits per heavy atom. The van der Waals surface area contributed by atoms with Crippen LogP contribution in [0.3, 0.4) is 0 Å². The molecule has 0 aliphatic rings. The van der Waals surface area contributed by atoms with Crippen LogP contribution in [0.15, 0.2) is 24.7 Å². The third-order valence-electron chi connectivity index (χ3n) is 2.79. The zero-order valence-corrected chi connectivity index (χ0v) is 11.5. The van der Waals surface area contributed by atoms with E-state index in [1.165, 1.54) is 0 Å². The van der Waals surface area contributed by atoms with Gasteiger partial charge in [0.2, 0.25) is 5.88 Å². The van der Waals surface area contributed by atoms with E-state index in [9.17, 15) is 0 Å². The van der Waals surface area contributed by atoms with Crippen molar-refractivity contribution < 1.29 is 4.74 Å². The minimum atomic E-state index is -0.107. The third-order valence-corrected chi connectivity index (χ3v) is 2.79. The summed E-state index contributed by atoms with van der Waals surface area (Å²) in [5, 5.41) is 7.88. The zero-order chi connectivity index (χ0) is 13.7. The molecule has 0 saturated heterocycles. The van der Waals surface area contributed by atoms with Crippen LogP contribution in [-0.4, -0.2) is 33.4 Å². The number of hydrogen-bond donors (Lipinski definition) is 1. The molecular formula is C13H19N5O. The number of nitrogens with one attached hydrogen (secondary N) is 1. The van der Waals surface area contributed by atoms with Crippen LogP contribution in [0.4, 0.5) is 0 Å². The number of rotatable bonds is 6. The first-order valence-corrected chi connectivity index (χ1v) is 6.34. The van der Waals surface area contributed by atoms with Gasteiger partial charge in [0.1, 0.15) is 5.69 Å². The Bertz CT molecular complexity index is 525. The standard InChI is InChI=1S/C13H19N5O/c1-4-6-14-11(10-5-9-18(2)17-10)12-13(19-3)16-8-7-15-12/h5,7-9,11,14H,4,6H2,1-3H3. The topological polar surface area (TPSA) is 64.9 Å². The number of methoxy groups -OCH3 is 1. The van der Waals surface area contributed by atoms with Crippen molar-refractivity contribution in [2.24, 2.45) is 7.05 Å². The molecular weight excluding hydrogens is 242 g/mol. The van der Waals surface area contributed by atoms with Gasteiger partial charge in [-0.25, -0.2) is 4.98 Å². The zero-order valence-electron chi connectivity index (χ0n) is 11.5. The molecule has 0 bridgehead atoms. The highest BCUT2D eigenvalue weighted by molar-refractivity contribution is 5.28. The van der Waals surface area contributed by atoms with Crippen LogP contribution in [0, 0.1) is 0 Å². The van der Waals surface area contributed by atoms with Gasteiger partial charge in [-0.3, -0.25) is 9.67 Å². The Balaban J connectivity index is 2.36. The largest absolute Gasteiger partial charge is 0.480 e. The summed E-state index contributed by atoms with van der Waals surface area (Å²) in [5.41, 5.74) is 1.67.